The minimum atomic E-state index is -0.194. The van der Waals surface area contributed by atoms with Gasteiger partial charge in [-0.05, 0) is 36.5 Å². The fourth-order valence-electron chi connectivity index (χ4n) is 4.33. The van der Waals surface area contributed by atoms with Crippen molar-refractivity contribution in [1.29, 1.82) is 0 Å². The van der Waals surface area contributed by atoms with Gasteiger partial charge >= 0.3 is 6.03 Å². The second kappa shape index (κ2) is 10.4. The van der Waals surface area contributed by atoms with Gasteiger partial charge in [0.1, 0.15) is 6.23 Å². The molecule has 1 aromatic carbocycles. The summed E-state index contributed by atoms with van der Waals surface area (Å²) in [5, 5.41) is 9.20. The summed E-state index contributed by atoms with van der Waals surface area (Å²) in [6, 6.07) is 9.61. The van der Waals surface area contributed by atoms with Crippen molar-refractivity contribution in [3.05, 3.63) is 53.9 Å². The molecule has 0 radical (unpaired) electrons. The summed E-state index contributed by atoms with van der Waals surface area (Å²) in [7, 11) is 1.78. The van der Waals surface area contributed by atoms with E-state index in [-0.39, 0.29) is 30.1 Å². The van der Waals surface area contributed by atoms with E-state index in [4.69, 9.17) is 4.74 Å². The van der Waals surface area contributed by atoms with E-state index in [0.29, 0.717) is 38.5 Å². The van der Waals surface area contributed by atoms with Gasteiger partial charge < -0.3 is 25.6 Å². The Hall–Kier alpha value is -3.20. The monoisotopic (exact) mass is 438 g/mol. The van der Waals surface area contributed by atoms with Crippen LogP contribution in [0.1, 0.15) is 42.9 Å². The van der Waals surface area contributed by atoms with E-state index in [1.54, 1.807) is 30.4 Å². The van der Waals surface area contributed by atoms with Gasteiger partial charge in [-0.3, -0.25) is 4.79 Å². The molecule has 9 heteroatoms. The van der Waals surface area contributed by atoms with Gasteiger partial charge in [-0.2, -0.15) is 0 Å². The van der Waals surface area contributed by atoms with Crippen LogP contribution in [0.2, 0.25) is 0 Å². The van der Waals surface area contributed by atoms with Crippen molar-refractivity contribution in [3.8, 4) is 0 Å². The van der Waals surface area contributed by atoms with Crippen molar-refractivity contribution in [2.75, 3.05) is 25.5 Å². The van der Waals surface area contributed by atoms with E-state index in [1.165, 1.54) is 0 Å². The van der Waals surface area contributed by atoms with Gasteiger partial charge in [0, 0.05) is 51.5 Å². The highest BCUT2D eigenvalue weighted by Crippen LogP contribution is 2.37. The third kappa shape index (κ3) is 5.34. The molecule has 170 valence electrons. The van der Waals surface area contributed by atoms with E-state index in [9.17, 15) is 9.59 Å². The van der Waals surface area contributed by atoms with Gasteiger partial charge in [-0.15, -0.1) is 0 Å². The number of amides is 3. The zero-order valence-corrected chi connectivity index (χ0v) is 18.3. The van der Waals surface area contributed by atoms with Crippen LogP contribution in [0.15, 0.2) is 42.7 Å². The van der Waals surface area contributed by atoms with E-state index < -0.39 is 0 Å². The number of aromatic nitrogens is 2. The molecule has 0 saturated carbocycles. The summed E-state index contributed by atoms with van der Waals surface area (Å²) < 4.78 is 5.90. The Bertz CT molecular complexity index is 925. The topological polar surface area (TPSA) is 108 Å². The Kier molecular flexibility index (Phi) is 7.16. The average Bonchev–Trinajstić information content (AvgIpc) is 2.83. The molecule has 3 heterocycles. The van der Waals surface area contributed by atoms with Gasteiger partial charge in [-0.25, -0.2) is 14.8 Å². The molecule has 3 amide bonds. The lowest BCUT2D eigenvalue weighted by Crippen LogP contribution is -2.59. The number of nitrogens with one attached hydrogen (secondary N) is 3. The Labute approximate surface area is 188 Å². The average molecular weight is 439 g/mol. The Morgan fingerprint density at radius 1 is 1.28 bits per heavy atom. The van der Waals surface area contributed by atoms with Crippen molar-refractivity contribution in [1.82, 2.24) is 25.5 Å². The molecule has 0 aliphatic carbocycles. The number of hydrogen-bond donors (Lipinski definition) is 3. The van der Waals surface area contributed by atoms with Crippen molar-refractivity contribution < 1.29 is 14.3 Å². The molecule has 2 aliphatic heterocycles. The maximum absolute atomic E-state index is 12.4. The molecule has 2 saturated heterocycles. The predicted octanol–water partition coefficient (Wildman–Crippen LogP) is 2.43. The standard InChI is InChI=1S/C23H30N6O3/c1-29-21-18(8-4-13-32-21)20(28-23(29)31)17-7-2-6-16(14-17)15-27-19(30)9-3-10-24-22-25-11-5-12-26-22/h2,5-7,11-12,14,18,20-21H,3-4,8-10,13,15H2,1H3,(H,27,30)(H,28,31)(H,24,25,26)/t18-,20-,21-/m0/s1. The van der Waals surface area contributed by atoms with Gasteiger partial charge in [-0.1, -0.05) is 24.3 Å². The second-order valence-corrected chi connectivity index (χ2v) is 8.23. The molecule has 9 nitrogen and oxygen atoms in total. The molecule has 0 bridgehead atoms. The molecular weight excluding hydrogens is 408 g/mol. The molecule has 4 rings (SSSR count). The van der Waals surface area contributed by atoms with Gasteiger partial charge in [0.25, 0.3) is 0 Å². The van der Waals surface area contributed by atoms with Crippen molar-refractivity contribution in [2.45, 2.75) is 44.5 Å². The molecule has 2 aromatic rings. The molecule has 2 aliphatic rings. The maximum Gasteiger partial charge on any atom is 0.319 e. The van der Waals surface area contributed by atoms with Crippen LogP contribution < -0.4 is 16.0 Å². The van der Waals surface area contributed by atoms with Crippen molar-refractivity contribution in [3.63, 3.8) is 0 Å². The number of nitrogens with zero attached hydrogens (tertiary/aromatic N) is 3. The quantitative estimate of drug-likeness (QED) is 0.547. The summed E-state index contributed by atoms with van der Waals surface area (Å²) in [4.78, 5) is 34.5. The Morgan fingerprint density at radius 2 is 2.12 bits per heavy atom. The second-order valence-electron chi connectivity index (χ2n) is 8.23. The zero-order chi connectivity index (χ0) is 22.3. The molecule has 2 fully saturated rings. The number of carbonyl (C=O) groups is 2. The first-order valence-electron chi connectivity index (χ1n) is 11.1. The van der Waals surface area contributed by atoms with Crippen LogP contribution in [0.25, 0.3) is 0 Å². The lowest BCUT2D eigenvalue weighted by atomic mass is 9.84. The molecular formula is C23H30N6O3. The van der Waals surface area contributed by atoms with Crippen molar-refractivity contribution >= 4 is 17.9 Å². The zero-order valence-electron chi connectivity index (χ0n) is 18.3. The number of carbonyl (C=O) groups excluding carboxylic acids is 2. The van der Waals surface area contributed by atoms with Crippen LogP contribution in [-0.4, -0.2) is 53.2 Å². The molecule has 1 aromatic heterocycles. The third-order valence-electron chi connectivity index (χ3n) is 5.98. The fourth-order valence-corrected chi connectivity index (χ4v) is 4.33. The van der Waals surface area contributed by atoms with Gasteiger partial charge in [0.05, 0.1) is 6.04 Å². The van der Waals surface area contributed by atoms with Gasteiger partial charge in [0.15, 0.2) is 0 Å². The van der Waals surface area contributed by atoms with Crippen LogP contribution in [0.4, 0.5) is 10.7 Å². The van der Waals surface area contributed by atoms with Crippen LogP contribution in [0.3, 0.4) is 0 Å². The number of hydrogen-bond acceptors (Lipinski definition) is 6. The number of benzene rings is 1. The number of urea groups is 1. The van der Waals surface area contributed by atoms with Crippen LogP contribution in [-0.2, 0) is 16.1 Å². The lowest BCUT2D eigenvalue weighted by Gasteiger charge is -2.46. The lowest BCUT2D eigenvalue weighted by molar-refractivity contribution is -0.121. The highest BCUT2D eigenvalue weighted by molar-refractivity contribution is 5.76. The summed E-state index contributed by atoms with van der Waals surface area (Å²) in [5.74, 6) is 0.772. The molecule has 32 heavy (non-hydrogen) atoms. The van der Waals surface area contributed by atoms with E-state index in [2.05, 4.69) is 32.0 Å². The molecule has 0 unspecified atom stereocenters. The smallest absolute Gasteiger partial charge is 0.319 e. The van der Waals surface area contributed by atoms with Gasteiger partial charge in [0.2, 0.25) is 11.9 Å². The summed E-state index contributed by atoms with van der Waals surface area (Å²) in [5.41, 5.74) is 2.05. The summed E-state index contributed by atoms with van der Waals surface area (Å²) in [6.45, 7) is 1.77. The largest absolute Gasteiger partial charge is 0.358 e. The predicted molar refractivity (Wildman–Crippen MR) is 120 cm³/mol. The summed E-state index contributed by atoms with van der Waals surface area (Å²) in [6.07, 6.45) is 6.26. The van der Waals surface area contributed by atoms with Crippen LogP contribution in [0, 0.1) is 5.92 Å². The minimum Gasteiger partial charge on any atom is -0.358 e. The fraction of sp³-hybridized carbons (Fsp3) is 0.478. The van der Waals surface area contributed by atoms with E-state index in [1.807, 2.05) is 18.2 Å². The van der Waals surface area contributed by atoms with E-state index >= 15 is 0 Å². The van der Waals surface area contributed by atoms with Crippen molar-refractivity contribution in [2.24, 2.45) is 5.92 Å². The van der Waals surface area contributed by atoms with Crippen LogP contribution >= 0.6 is 0 Å². The number of fused-ring (bicyclic) bond motifs is 1. The normalized spacial score (nSPS) is 22.6. The Morgan fingerprint density at radius 3 is 2.97 bits per heavy atom. The Balaban J connectivity index is 1.28. The SMILES string of the molecule is CN1C(=O)N[C@@H](c2cccc(CNC(=O)CCCNc3ncccn3)c2)[C@@H]2CCCO[C@@H]21. The maximum atomic E-state index is 12.4. The minimum absolute atomic E-state index is 0.000443. The number of anilines is 1. The highest BCUT2D eigenvalue weighted by Gasteiger charge is 2.42. The van der Waals surface area contributed by atoms with Crippen LogP contribution in [0.5, 0.6) is 0 Å². The molecule has 3 atom stereocenters. The highest BCUT2D eigenvalue weighted by atomic mass is 16.5. The number of ether oxygens (including phenoxy) is 1. The molecule has 3 N–H and O–H groups in total. The first-order valence-corrected chi connectivity index (χ1v) is 11.1. The first-order chi connectivity index (χ1) is 15.6. The van der Waals surface area contributed by atoms with E-state index in [0.717, 1.165) is 24.0 Å². The number of rotatable bonds is 8. The summed E-state index contributed by atoms with van der Waals surface area (Å²) >= 11 is 0. The first kappa shape index (κ1) is 22.0. The molecule has 0 spiro atoms. The third-order valence-corrected chi connectivity index (χ3v) is 5.98.